The zero-order chi connectivity index (χ0) is 21.4. The van der Waals surface area contributed by atoms with E-state index in [9.17, 15) is 14.4 Å². The summed E-state index contributed by atoms with van der Waals surface area (Å²) >= 11 is 0. The lowest BCUT2D eigenvalue weighted by Gasteiger charge is -2.14. The van der Waals surface area contributed by atoms with Crippen molar-refractivity contribution in [2.24, 2.45) is 0 Å². The summed E-state index contributed by atoms with van der Waals surface area (Å²) < 4.78 is 10.6. The fourth-order valence-electron chi connectivity index (χ4n) is 3.71. The maximum Gasteiger partial charge on any atom is 0.261 e. The molecule has 154 valence electrons. The van der Waals surface area contributed by atoms with E-state index in [-0.39, 0.29) is 31.1 Å². The standard InChI is InChI=1S/C24H18N2O5/c27-22(25-12-15-8-9-20-21(11-15)31-14-30-20)17-5-3-4-16(10-17)13-26-23(28)18-6-1-2-7-19(18)24(26)29/h1-11H,12-14H2,(H,25,27). The van der Waals surface area contributed by atoms with Crippen molar-refractivity contribution in [3.63, 3.8) is 0 Å². The van der Waals surface area contributed by atoms with Gasteiger partial charge in [-0.1, -0.05) is 30.3 Å². The lowest BCUT2D eigenvalue weighted by Crippen LogP contribution is -2.29. The van der Waals surface area contributed by atoms with Crippen LogP contribution in [-0.4, -0.2) is 29.4 Å². The van der Waals surface area contributed by atoms with Crippen molar-refractivity contribution < 1.29 is 23.9 Å². The van der Waals surface area contributed by atoms with Crippen LogP contribution in [0.5, 0.6) is 11.5 Å². The molecule has 0 atom stereocenters. The summed E-state index contributed by atoms with van der Waals surface area (Å²) in [5.74, 6) is 0.462. The molecule has 3 amide bonds. The Morgan fingerprint density at radius 3 is 2.35 bits per heavy atom. The average molecular weight is 414 g/mol. The molecule has 0 bridgehead atoms. The molecular weight excluding hydrogens is 396 g/mol. The number of imide groups is 1. The van der Waals surface area contributed by atoms with Crippen LogP contribution in [0.3, 0.4) is 0 Å². The fraction of sp³-hybridized carbons (Fsp3) is 0.125. The van der Waals surface area contributed by atoms with Crippen molar-refractivity contribution in [1.29, 1.82) is 0 Å². The summed E-state index contributed by atoms with van der Waals surface area (Å²) in [5.41, 5.74) is 2.86. The van der Waals surface area contributed by atoms with Gasteiger partial charge in [0.15, 0.2) is 11.5 Å². The number of ether oxygens (including phenoxy) is 2. The number of hydrogen-bond acceptors (Lipinski definition) is 5. The third-order valence-electron chi connectivity index (χ3n) is 5.30. The molecule has 0 spiro atoms. The van der Waals surface area contributed by atoms with Crippen molar-refractivity contribution in [2.75, 3.05) is 6.79 Å². The quantitative estimate of drug-likeness (QED) is 0.649. The van der Waals surface area contributed by atoms with Gasteiger partial charge in [-0.3, -0.25) is 19.3 Å². The van der Waals surface area contributed by atoms with Crippen LogP contribution in [-0.2, 0) is 13.1 Å². The zero-order valence-electron chi connectivity index (χ0n) is 16.5. The van der Waals surface area contributed by atoms with E-state index in [1.165, 1.54) is 4.90 Å². The van der Waals surface area contributed by atoms with E-state index >= 15 is 0 Å². The summed E-state index contributed by atoms with van der Waals surface area (Å²) in [7, 11) is 0. The van der Waals surface area contributed by atoms with Crippen LogP contribution < -0.4 is 14.8 Å². The van der Waals surface area contributed by atoms with Crippen LogP contribution in [0.2, 0.25) is 0 Å². The molecule has 5 rings (SSSR count). The van der Waals surface area contributed by atoms with Gasteiger partial charge in [0, 0.05) is 12.1 Å². The zero-order valence-corrected chi connectivity index (χ0v) is 16.5. The third-order valence-corrected chi connectivity index (χ3v) is 5.30. The molecule has 0 radical (unpaired) electrons. The highest BCUT2D eigenvalue weighted by Gasteiger charge is 2.35. The molecule has 0 saturated carbocycles. The molecule has 1 N–H and O–H groups in total. The normalized spacial score (nSPS) is 14.0. The molecule has 0 aliphatic carbocycles. The second-order valence-electron chi connectivity index (χ2n) is 7.31. The van der Waals surface area contributed by atoms with Gasteiger partial charge in [0.05, 0.1) is 17.7 Å². The Labute approximate surface area is 178 Å². The van der Waals surface area contributed by atoms with Crippen LogP contribution in [0.1, 0.15) is 42.2 Å². The summed E-state index contributed by atoms with van der Waals surface area (Å²) in [6.07, 6.45) is 0. The number of fused-ring (bicyclic) bond motifs is 2. The molecule has 2 aliphatic heterocycles. The maximum atomic E-state index is 12.6. The second-order valence-corrected chi connectivity index (χ2v) is 7.31. The van der Waals surface area contributed by atoms with Crippen molar-refractivity contribution in [1.82, 2.24) is 10.2 Å². The van der Waals surface area contributed by atoms with Gasteiger partial charge < -0.3 is 14.8 Å². The molecule has 2 heterocycles. The minimum atomic E-state index is -0.321. The van der Waals surface area contributed by atoms with Crippen molar-refractivity contribution in [3.8, 4) is 11.5 Å². The predicted octanol–water partition coefficient (Wildman–Crippen LogP) is 3.14. The number of nitrogens with zero attached hydrogens (tertiary/aromatic N) is 1. The molecular formula is C24H18N2O5. The number of hydrogen-bond donors (Lipinski definition) is 1. The van der Waals surface area contributed by atoms with E-state index in [4.69, 9.17) is 9.47 Å². The van der Waals surface area contributed by atoms with E-state index < -0.39 is 0 Å². The van der Waals surface area contributed by atoms with Crippen LogP contribution in [0, 0.1) is 0 Å². The molecule has 7 nitrogen and oxygen atoms in total. The smallest absolute Gasteiger partial charge is 0.261 e. The Morgan fingerprint density at radius 2 is 1.58 bits per heavy atom. The number of nitrogens with one attached hydrogen (secondary N) is 1. The SMILES string of the molecule is O=C(NCc1ccc2c(c1)OCO2)c1cccc(CN2C(=O)c3ccccc3C2=O)c1. The van der Waals surface area contributed by atoms with Gasteiger partial charge in [0.2, 0.25) is 6.79 Å². The Morgan fingerprint density at radius 1 is 0.839 bits per heavy atom. The molecule has 0 aromatic heterocycles. The summed E-state index contributed by atoms with van der Waals surface area (Å²) in [6.45, 7) is 0.638. The summed E-state index contributed by atoms with van der Waals surface area (Å²) in [4.78, 5) is 39.0. The van der Waals surface area contributed by atoms with Crippen LogP contribution in [0.15, 0.2) is 66.7 Å². The topological polar surface area (TPSA) is 84.9 Å². The fourth-order valence-corrected chi connectivity index (χ4v) is 3.71. The van der Waals surface area contributed by atoms with E-state index in [2.05, 4.69) is 5.32 Å². The number of amides is 3. The molecule has 7 heteroatoms. The molecule has 0 fully saturated rings. The third kappa shape index (κ3) is 3.50. The van der Waals surface area contributed by atoms with Gasteiger partial charge >= 0.3 is 0 Å². The first-order chi connectivity index (χ1) is 15.1. The Bertz CT molecular complexity index is 1190. The number of carbonyl (C=O) groups is 3. The minimum Gasteiger partial charge on any atom is -0.454 e. The van der Waals surface area contributed by atoms with E-state index in [1.807, 2.05) is 18.2 Å². The molecule has 3 aromatic rings. The molecule has 0 saturated heterocycles. The van der Waals surface area contributed by atoms with Crippen molar-refractivity contribution in [2.45, 2.75) is 13.1 Å². The highest BCUT2D eigenvalue weighted by molar-refractivity contribution is 6.21. The van der Waals surface area contributed by atoms with Gasteiger partial charge in [-0.15, -0.1) is 0 Å². The first-order valence-electron chi connectivity index (χ1n) is 9.81. The van der Waals surface area contributed by atoms with Gasteiger partial charge in [0.1, 0.15) is 0 Å². The maximum absolute atomic E-state index is 12.6. The van der Waals surface area contributed by atoms with Crippen LogP contribution in [0.25, 0.3) is 0 Å². The summed E-state index contributed by atoms with van der Waals surface area (Å²) in [6, 6.07) is 19.2. The first kappa shape index (κ1) is 18.9. The van der Waals surface area contributed by atoms with Gasteiger partial charge in [-0.2, -0.15) is 0 Å². The highest BCUT2D eigenvalue weighted by atomic mass is 16.7. The number of carbonyl (C=O) groups excluding carboxylic acids is 3. The number of rotatable bonds is 5. The van der Waals surface area contributed by atoms with E-state index in [0.29, 0.717) is 40.3 Å². The minimum absolute atomic E-state index is 0.107. The second kappa shape index (κ2) is 7.60. The van der Waals surface area contributed by atoms with Gasteiger partial charge in [0.25, 0.3) is 17.7 Å². The Balaban J connectivity index is 1.26. The van der Waals surface area contributed by atoms with Gasteiger partial charge in [-0.25, -0.2) is 0 Å². The highest BCUT2D eigenvalue weighted by Crippen LogP contribution is 2.32. The van der Waals surface area contributed by atoms with Crippen molar-refractivity contribution in [3.05, 3.63) is 94.5 Å². The lowest BCUT2D eigenvalue weighted by atomic mass is 10.1. The van der Waals surface area contributed by atoms with Crippen LogP contribution in [0.4, 0.5) is 0 Å². The molecule has 0 unspecified atom stereocenters. The molecule has 31 heavy (non-hydrogen) atoms. The Kier molecular flexibility index (Phi) is 4.63. The summed E-state index contributed by atoms with van der Waals surface area (Å²) in [5, 5.41) is 2.88. The predicted molar refractivity (Wildman–Crippen MR) is 111 cm³/mol. The largest absolute Gasteiger partial charge is 0.454 e. The first-order valence-corrected chi connectivity index (χ1v) is 9.81. The molecule has 2 aliphatic rings. The molecule has 3 aromatic carbocycles. The lowest BCUT2D eigenvalue weighted by molar-refractivity contribution is 0.0642. The average Bonchev–Trinajstić information content (AvgIpc) is 3.36. The van der Waals surface area contributed by atoms with Crippen molar-refractivity contribution >= 4 is 17.7 Å². The van der Waals surface area contributed by atoms with E-state index in [0.717, 1.165) is 5.56 Å². The van der Waals surface area contributed by atoms with Crippen LogP contribution >= 0.6 is 0 Å². The Hall–Kier alpha value is -4.13. The van der Waals surface area contributed by atoms with E-state index in [1.54, 1.807) is 48.5 Å². The van der Waals surface area contributed by atoms with Gasteiger partial charge in [-0.05, 0) is 47.5 Å². The monoisotopic (exact) mass is 414 g/mol. The number of benzene rings is 3.